The number of hydrogen-bond acceptors (Lipinski definition) is 5. The SMILES string of the molecule is C[C@H]1CCC2(C[C@H]3OC(O)[C@H](O)[C@H]3O2)O1. The lowest BCUT2D eigenvalue weighted by Crippen LogP contribution is -2.36. The largest absolute Gasteiger partial charge is 0.385 e. The van der Waals surface area contributed by atoms with Crippen LogP contribution < -0.4 is 0 Å². The molecule has 15 heavy (non-hydrogen) atoms. The number of aliphatic hydroxyl groups is 2. The molecule has 0 amide bonds. The first kappa shape index (κ1) is 9.99. The molecule has 5 heteroatoms. The van der Waals surface area contributed by atoms with Gasteiger partial charge >= 0.3 is 0 Å². The van der Waals surface area contributed by atoms with E-state index in [2.05, 4.69) is 0 Å². The van der Waals surface area contributed by atoms with E-state index in [1.165, 1.54) is 0 Å². The van der Waals surface area contributed by atoms with Crippen LogP contribution in [0.5, 0.6) is 0 Å². The van der Waals surface area contributed by atoms with Crippen molar-refractivity contribution in [3.63, 3.8) is 0 Å². The van der Waals surface area contributed by atoms with Crippen molar-refractivity contribution in [3.05, 3.63) is 0 Å². The van der Waals surface area contributed by atoms with E-state index >= 15 is 0 Å². The predicted molar refractivity (Wildman–Crippen MR) is 48.9 cm³/mol. The molecular weight excluding hydrogens is 200 g/mol. The van der Waals surface area contributed by atoms with Crippen LogP contribution in [0.3, 0.4) is 0 Å². The molecule has 3 aliphatic heterocycles. The Hall–Kier alpha value is -0.200. The third-order valence-electron chi connectivity index (χ3n) is 3.52. The molecule has 2 N–H and O–H groups in total. The molecule has 0 aromatic rings. The van der Waals surface area contributed by atoms with E-state index in [1.807, 2.05) is 6.92 Å². The fraction of sp³-hybridized carbons (Fsp3) is 1.00. The van der Waals surface area contributed by atoms with Crippen molar-refractivity contribution in [2.24, 2.45) is 0 Å². The summed E-state index contributed by atoms with van der Waals surface area (Å²) in [4.78, 5) is 0. The van der Waals surface area contributed by atoms with E-state index in [-0.39, 0.29) is 12.2 Å². The Kier molecular flexibility index (Phi) is 2.10. The van der Waals surface area contributed by atoms with Gasteiger partial charge in [0.1, 0.15) is 12.2 Å². The van der Waals surface area contributed by atoms with Crippen LogP contribution in [0.4, 0.5) is 0 Å². The maximum absolute atomic E-state index is 9.62. The van der Waals surface area contributed by atoms with Crippen molar-refractivity contribution in [2.45, 2.75) is 62.7 Å². The molecule has 3 aliphatic rings. The summed E-state index contributed by atoms with van der Waals surface area (Å²) in [6, 6.07) is 0. The molecule has 3 fully saturated rings. The van der Waals surface area contributed by atoms with Crippen LogP contribution in [-0.4, -0.2) is 46.7 Å². The van der Waals surface area contributed by atoms with Crippen molar-refractivity contribution in [1.82, 2.24) is 0 Å². The molecule has 3 heterocycles. The van der Waals surface area contributed by atoms with Gasteiger partial charge < -0.3 is 24.4 Å². The number of aliphatic hydroxyl groups excluding tert-OH is 2. The van der Waals surface area contributed by atoms with Gasteiger partial charge in [-0.1, -0.05) is 0 Å². The van der Waals surface area contributed by atoms with Crippen molar-refractivity contribution in [2.75, 3.05) is 0 Å². The van der Waals surface area contributed by atoms with Crippen LogP contribution in [0.2, 0.25) is 0 Å². The summed E-state index contributed by atoms with van der Waals surface area (Å²) in [6.07, 6.45) is -0.122. The third kappa shape index (κ3) is 1.42. The Morgan fingerprint density at radius 1 is 1.27 bits per heavy atom. The van der Waals surface area contributed by atoms with E-state index in [1.54, 1.807) is 0 Å². The summed E-state index contributed by atoms with van der Waals surface area (Å²) < 4.78 is 16.7. The topological polar surface area (TPSA) is 68.2 Å². The minimum absolute atomic E-state index is 0.200. The normalized spacial score (nSPS) is 59.0. The van der Waals surface area contributed by atoms with Crippen LogP contribution in [0, 0.1) is 0 Å². The lowest BCUT2D eigenvalue weighted by Gasteiger charge is -2.25. The van der Waals surface area contributed by atoms with Gasteiger partial charge in [-0.2, -0.15) is 0 Å². The Morgan fingerprint density at radius 2 is 2.07 bits per heavy atom. The van der Waals surface area contributed by atoms with E-state index in [4.69, 9.17) is 14.2 Å². The second-order valence-electron chi connectivity index (χ2n) is 4.72. The zero-order valence-corrected chi connectivity index (χ0v) is 8.63. The van der Waals surface area contributed by atoms with Crippen LogP contribution >= 0.6 is 0 Å². The quantitative estimate of drug-likeness (QED) is 0.584. The monoisotopic (exact) mass is 216 g/mol. The highest BCUT2D eigenvalue weighted by atomic mass is 16.7. The summed E-state index contributed by atoms with van der Waals surface area (Å²) in [5.74, 6) is -0.574. The number of rotatable bonds is 0. The molecule has 0 radical (unpaired) electrons. The average Bonchev–Trinajstić information content (AvgIpc) is 2.76. The molecule has 3 saturated heterocycles. The third-order valence-corrected chi connectivity index (χ3v) is 3.52. The molecule has 0 aliphatic carbocycles. The molecule has 0 bridgehead atoms. The number of ether oxygens (including phenoxy) is 3. The van der Waals surface area contributed by atoms with Crippen molar-refractivity contribution < 1.29 is 24.4 Å². The smallest absolute Gasteiger partial charge is 0.183 e. The molecular formula is C10H16O5. The van der Waals surface area contributed by atoms with E-state index < -0.39 is 24.3 Å². The van der Waals surface area contributed by atoms with Crippen LogP contribution in [0.15, 0.2) is 0 Å². The van der Waals surface area contributed by atoms with Gasteiger partial charge in [0.2, 0.25) is 0 Å². The highest BCUT2D eigenvalue weighted by molar-refractivity contribution is 4.99. The van der Waals surface area contributed by atoms with E-state index in [0.29, 0.717) is 6.42 Å². The molecule has 2 unspecified atom stereocenters. The number of hydrogen-bond donors (Lipinski definition) is 2. The van der Waals surface area contributed by atoms with Gasteiger partial charge in [0.15, 0.2) is 12.1 Å². The minimum atomic E-state index is -1.11. The summed E-state index contributed by atoms with van der Waals surface area (Å²) in [6.45, 7) is 2.01. The summed E-state index contributed by atoms with van der Waals surface area (Å²) in [5, 5.41) is 18.9. The standard InChI is InChI=1S/C10H16O5/c1-5-2-3-10(14-5)4-6-8(15-10)7(11)9(12)13-6/h5-9,11-12H,2-4H2,1H3/t5-,6+,7+,8-,9?,10?/m0/s1. The second kappa shape index (κ2) is 3.15. The van der Waals surface area contributed by atoms with E-state index in [0.717, 1.165) is 12.8 Å². The highest BCUT2D eigenvalue weighted by Crippen LogP contribution is 2.46. The lowest BCUT2D eigenvalue weighted by atomic mass is 10.1. The van der Waals surface area contributed by atoms with Crippen molar-refractivity contribution >= 4 is 0 Å². The van der Waals surface area contributed by atoms with Gasteiger partial charge in [-0.3, -0.25) is 0 Å². The summed E-state index contributed by atoms with van der Waals surface area (Å²) in [7, 11) is 0. The molecule has 86 valence electrons. The highest BCUT2D eigenvalue weighted by Gasteiger charge is 2.58. The minimum Gasteiger partial charge on any atom is -0.385 e. The second-order valence-corrected chi connectivity index (χ2v) is 4.72. The maximum atomic E-state index is 9.62. The molecule has 0 aromatic carbocycles. The van der Waals surface area contributed by atoms with Gasteiger partial charge in [0.05, 0.1) is 12.2 Å². The van der Waals surface area contributed by atoms with Gasteiger partial charge in [-0.05, 0) is 13.3 Å². The molecule has 5 nitrogen and oxygen atoms in total. The molecule has 3 rings (SSSR count). The molecule has 1 spiro atoms. The first-order valence-corrected chi connectivity index (χ1v) is 5.47. The first-order valence-electron chi connectivity index (χ1n) is 5.47. The van der Waals surface area contributed by atoms with Gasteiger partial charge in [-0.15, -0.1) is 0 Å². The van der Waals surface area contributed by atoms with Crippen LogP contribution in [-0.2, 0) is 14.2 Å². The fourth-order valence-corrected chi connectivity index (χ4v) is 2.78. The number of fused-ring (bicyclic) bond motifs is 1. The molecule has 0 aromatic heterocycles. The summed E-state index contributed by atoms with van der Waals surface area (Å²) in [5.41, 5.74) is 0. The Bertz CT molecular complexity index is 271. The van der Waals surface area contributed by atoms with Crippen molar-refractivity contribution in [3.8, 4) is 0 Å². The van der Waals surface area contributed by atoms with Crippen LogP contribution in [0.25, 0.3) is 0 Å². The Morgan fingerprint density at radius 3 is 2.67 bits per heavy atom. The van der Waals surface area contributed by atoms with Gasteiger partial charge in [0, 0.05) is 12.8 Å². The fourth-order valence-electron chi connectivity index (χ4n) is 2.78. The first-order chi connectivity index (χ1) is 7.10. The van der Waals surface area contributed by atoms with Crippen LogP contribution in [0.1, 0.15) is 26.2 Å². The zero-order valence-electron chi connectivity index (χ0n) is 8.63. The zero-order chi connectivity index (χ0) is 10.6. The van der Waals surface area contributed by atoms with Gasteiger partial charge in [0.25, 0.3) is 0 Å². The maximum Gasteiger partial charge on any atom is 0.183 e. The van der Waals surface area contributed by atoms with Gasteiger partial charge in [-0.25, -0.2) is 0 Å². The molecule has 0 saturated carbocycles. The lowest BCUT2D eigenvalue weighted by molar-refractivity contribution is -0.236. The predicted octanol–water partition coefficient (Wildman–Crippen LogP) is -0.251. The van der Waals surface area contributed by atoms with Crippen molar-refractivity contribution in [1.29, 1.82) is 0 Å². The van der Waals surface area contributed by atoms with E-state index in [9.17, 15) is 10.2 Å². The average molecular weight is 216 g/mol. The Balaban J connectivity index is 1.75. The molecule has 6 atom stereocenters. The summed E-state index contributed by atoms with van der Waals surface area (Å²) >= 11 is 0. The Labute approximate surface area is 87.9 Å².